The van der Waals surface area contributed by atoms with E-state index >= 15 is 0 Å². The number of hydrogen-bond acceptors (Lipinski definition) is 3. The van der Waals surface area contributed by atoms with Crippen LogP contribution in [0.1, 0.15) is 177 Å². The van der Waals surface area contributed by atoms with Crippen LogP contribution in [0.5, 0.6) is 0 Å². The number of aliphatic hydroxyl groups is 1. The van der Waals surface area contributed by atoms with E-state index in [0.29, 0.717) is 18.4 Å². The fraction of sp³-hybridized carbons (Fsp3) is 0.944. The van der Waals surface area contributed by atoms with Gasteiger partial charge in [-0.15, -0.1) is 0 Å². The molecule has 4 unspecified atom stereocenters. The third kappa shape index (κ3) is 33.7. The van der Waals surface area contributed by atoms with Crippen LogP contribution >= 0.6 is 0 Å². The van der Waals surface area contributed by atoms with Crippen LogP contribution in [0.4, 0.5) is 0 Å². The molecule has 2 radical (unpaired) electrons. The quantitative estimate of drug-likeness (QED) is 0.0673. The first-order valence-electron chi connectivity index (χ1n) is 17.5. The number of ether oxygens (including phenoxy) is 2. The molecule has 0 amide bonds. The minimum Gasteiger partial charge on any atom is -0.414 e. The maximum Gasteiger partial charge on any atom is 2.00 e. The zero-order valence-electron chi connectivity index (χ0n) is 29.4. The summed E-state index contributed by atoms with van der Waals surface area (Å²) in [5.41, 5.74) is 0. The first-order valence-corrected chi connectivity index (χ1v) is 17.5. The second kappa shape index (κ2) is 41.0. The Morgan fingerprint density at radius 1 is 0.732 bits per heavy atom. The maximum absolute atomic E-state index is 8.71. The summed E-state index contributed by atoms with van der Waals surface area (Å²) in [6.45, 7) is 18.8. The Kier molecular flexibility index (Phi) is 48.9. The minimum absolute atomic E-state index is 0. The van der Waals surface area contributed by atoms with Crippen molar-refractivity contribution >= 4 is 7.85 Å². The molecule has 0 spiro atoms. The molecule has 1 aliphatic heterocycles. The van der Waals surface area contributed by atoms with Gasteiger partial charge in [0.05, 0.1) is 6.10 Å². The first-order chi connectivity index (χ1) is 19.4. The van der Waals surface area contributed by atoms with Gasteiger partial charge in [0.1, 0.15) is 7.85 Å². The van der Waals surface area contributed by atoms with E-state index in [-0.39, 0.29) is 49.3 Å². The van der Waals surface area contributed by atoms with Gasteiger partial charge in [0.15, 0.2) is 0 Å². The van der Waals surface area contributed by atoms with Gasteiger partial charge in [-0.3, -0.25) is 0 Å². The fourth-order valence-electron chi connectivity index (χ4n) is 5.27. The van der Waals surface area contributed by atoms with Crippen molar-refractivity contribution in [3.8, 4) is 0 Å². The SMILES string of the molecule is CC.CCCCCCCCCCCCCCCCCCCCCCO.C[CH-]C.[B]C1OC([CH2-])C(C(C)C)C1OC.[U+2]. The Bertz CT molecular complexity index is 419. The van der Waals surface area contributed by atoms with Gasteiger partial charge in [-0.1, -0.05) is 163 Å². The van der Waals surface area contributed by atoms with E-state index in [0.717, 1.165) is 6.42 Å². The fourth-order valence-corrected chi connectivity index (χ4v) is 5.27. The van der Waals surface area contributed by atoms with E-state index in [1.54, 1.807) is 7.11 Å². The van der Waals surface area contributed by atoms with Gasteiger partial charge in [-0.2, -0.15) is 13.8 Å². The summed E-state index contributed by atoms with van der Waals surface area (Å²) >= 11 is 0. The number of hydrogen-bond donors (Lipinski definition) is 1. The molecule has 0 saturated carbocycles. The molecule has 1 heterocycles. The Hall–Kier alpha value is 0.997. The summed E-state index contributed by atoms with van der Waals surface area (Å²) < 4.78 is 10.7. The summed E-state index contributed by atoms with van der Waals surface area (Å²) in [5, 5.41) is 8.71. The van der Waals surface area contributed by atoms with Gasteiger partial charge in [-0.25, -0.2) is 0 Å². The number of methoxy groups -OCH3 is 1. The Morgan fingerprint density at radius 2 is 1.02 bits per heavy atom. The molecular weight excluding hydrogens is 729 g/mol. The zero-order valence-corrected chi connectivity index (χ0v) is 33.5. The van der Waals surface area contributed by atoms with Gasteiger partial charge in [0.2, 0.25) is 0 Å². The molecule has 0 aromatic carbocycles. The number of rotatable bonds is 22. The first kappa shape index (κ1) is 48.9. The van der Waals surface area contributed by atoms with E-state index in [4.69, 9.17) is 22.4 Å². The van der Waals surface area contributed by atoms with Crippen LogP contribution < -0.4 is 0 Å². The molecule has 0 aromatic heterocycles. The molecule has 5 heteroatoms. The normalized spacial score (nSPS) is 19.3. The van der Waals surface area contributed by atoms with E-state index < -0.39 is 0 Å². The third-order valence-electron chi connectivity index (χ3n) is 7.52. The number of aliphatic hydroxyl groups excluding tert-OH is 1. The van der Waals surface area contributed by atoms with Crippen LogP contribution in [0.2, 0.25) is 0 Å². The molecule has 1 N–H and O–H groups in total. The Balaban J connectivity index is -0.000000317. The average molecular weight is 805 g/mol. The maximum atomic E-state index is 8.71. The predicted octanol–water partition coefficient (Wildman–Crippen LogP) is 11.1. The van der Waals surface area contributed by atoms with Gasteiger partial charge in [0, 0.05) is 19.7 Å². The van der Waals surface area contributed by atoms with E-state index in [2.05, 4.69) is 27.7 Å². The number of unbranched alkanes of at least 4 members (excludes halogenated alkanes) is 19. The molecule has 4 atom stereocenters. The Labute approximate surface area is 286 Å². The van der Waals surface area contributed by atoms with Crippen LogP contribution in [0.25, 0.3) is 0 Å². The van der Waals surface area contributed by atoms with Gasteiger partial charge in [0.25, 0.3) is 0 Å². The van der Waals surface area contributed by atoms with E-state index in [9.17, 15) is 0 Å². The van der Waals surface area contributed by atoms with E-state index in [1.165, 1.54) is 122 Å². The van der Waals surface area contributed by atoms with Gasteiger partial charge >= 0.3 is 31.1 Å². The Morgan fingerprint density at radius 3 is 1.24 bits per heavy atom. The second-order valence-electron chi connectivity index (χ2n) is 11.7. The summed E-state index contributed by atoms with van der Waals surface area (Å²) in [6, 6.07) is -0.315. The van der Waals surface area contributed by atoms with Crippen LogP contribution in [0.3, 0.4) is 0 Å². The van der Waals surface area contributed by atoms with E-state index in [1.807, 2.05) is 34.1 Å². The van der Waals surface area contributed by atoms with Crippen LogP contribution in [0.15, 0.2) is 0 Å². The minimum atomic E-state index is -0.315. The van der Waals surface area contributed by atoms with Gasteiger partial charge in [-0.05, 0) is 18.3 Å². The monoisotopic (exact) mass is 805 g/mol. The molecule has 0 bridgehead atoms. The standard InChI is InChI=1S/C22H46O.C9H16BO2.C3H7.C2H6.U/c1-2-3-4-5-6-7-8-9-10-11-12-13-14-15-16-17-18-19-20-21-22-23;1-5(2)7-6(3)12-9(10)8(7)11-4;1-3-2;1-2;/h23H,2-22H2,1H3;5-9H,3H2,1-2,4H3;3H,1-2H3;1-2H3;/q;2*-1;;+2. The molecule has 0 aliphatic carbocycles. The van der Waals surface area contributed by atoms with Crippen molar-refractivity contribution in [3.05, 3.63) is 13.3 Å². The van der Waals surface area contributed by atoms with Crippen molar-refractivity contribution in [2.75, 3.05) is 13.7 Å². The molecule has 3 nitrogen and oxygen atoms in total. The molecule has 244 valence electrons. The molecule has 41 heavy (non-hydrogen) atoms. The smallest absolute Gasteiger partial charge is 0.414 e. The van der Waals surface area contributed by atoms with Crippen LogP contribution in [-0.2, 0) is 9.47 Å². The molecular formula is C36H75BO3U. The zero-order chi connectivity index (χ0) is 30.9. The summed E-state index contributed by atoms with van der Waals surface area (Å²) in [5.74, 6) is 0.802. The summed E-state index contributed by atoms with van der Waals surface area (Å²) in [4.78, 5) is 0. The summed E-state index contributed by atoms with van der Waals surface area (Å²) in [6.07, 6.45) is 30.1. The molecule has 1 saturated heterocycles. The third-order valence-corrected chi connectivity index (χ3v) is 7.52. The van der Waals surface area contributed by atoms with Crippen molar-refractivity contribution in [1.29, 1.82) is 0 Å². The van der Waals surface area contributed by atoms with Crippen molar-refractivity contribution in [3.63, 3.8) is 0 Å². The molecule has 1 fully saturated rings. The summed E-state index contributed by atoms with van der Waals surface area (Å²) in [7, 11) is 7.39. The molecule has 0 aromatic rings. The average Bonchev–Trinajstić information content (AvgIpc) is 3.24. The second-order valence-corrected chi connectivity index (χ2v) is 11.7. The molecule has 1 rings (SSSR count). The predicted molar refractivity (Wildman–Crippen MR) is 181 cm³/mol. The van der Waals surface area contributed by atoms with Crippen molar-refractivity contribution < 1.29 is 45.7 Å². The van der Waals surface area contributed by atoms with Crippen molar-refractivity contribution in [2.45, 2.75) is 195 Å². The van der Waals surface area contributed by atoms with Gasteiger partial charge < -0.3 is 27.9 Å². The topological polar surface area (TPSA) is 38.7 Å². The van der Waals surface area contributed by atoms with Crippen LogP contribution in [-0.4, -0.2) is 44.9 Å². The molecule has 1 aliphatic rings. The largest absolute Gasteiger partial charge is 2.00 e. The van der Waals surface area contributed by atoms with Crippen molar-refractivity contribution in [2.24, 2.45) is 11.8 Å². The van der Waals surface area contributed by atoms with Crippen molar-refractivity contribution in [1.82, 2.24) is 0 Å². The van der Waals surface area contributed by atoms with Crippen LogP contribution in [0, 0.1) is 56.3 Å².